The summed E-state index contributed by atoms with van der Waals surface area (Å²) >= 11 is 1.58. The van der Waals surface area contributed by atoms with Crippen LogP contribution in [0.25, 0.3) is 0 Å². The van der Waals surface area contributed by atoms with Crippen LogP contribution in [-0.2, 0) is 4.79 Å². The van der Waals surface area contributed by atoms with Gasteiger partial charge in [-0.25, -0.2) is 0 Å². The first-order chi connectivity index (χ1) is 7.16. The number of aliphatic carboxylic acids is 1. The quantitative estimate of drug-likeness (QED) is 0.664. The van der Waals surface area contributed by atoms with Crippen molar-refractivity contribution in [3.05, 3.63) is 29.8 Å². The molecule has 80 valence electrons. The van der Waals surface area contributed by atoms with E-state index < -0.39 is 12.0 Å². The minimum absolute atomic E-state index is 0.0912. The minimum atomic E-state index is -1.01. The summed E-state index contributed by atoms with van der Waals surface area (Å²) in [6, 6.07) is 6.36. The van der Waals surface area contributed by atoms with E-state index in [1.54, 1.807) is 41.3 Å². The van der Waals surface area contributed by atoms with Crippen molar-refractivity contribution in [3.8, 4) is 5.75 Å². The Morgan fingerprint density at radius 3 is 2.67 bits per heavy atom. The fourth-order valence-electron chi connectivity index (χ4n) is 1.55. The smallest absolute Gasteiger partial charge is 0.159 e. The van der Waals surface area contributed by atoms with Crippen LogP contribution in [0.15, 0.2) is 24.3 Å². The predicted molar refractivity (Wildman–Crippen MR) is 54.0 cm³/mol. The van der Waals surface area contributed by atoms with Gasteiger partial charge in [0.25, 0.3) is 0 Å². The molecule has 0 aliphatic carbocycles. The number of quaternary nitrogens is 1. The Bertz CT molecular complexity index is 365. The number of carbonyl (C=O) groups excluding carboxylic acids is 1. The van der Waals surface area contributed by atoms with E-state index in [0.29, 0.717) is 5.75 Å². The summed E-state index contributed by atoms with van der Waals surface area (Å²) in [5, 5.41) is 21.6. The Morgan fingerprint density at radius 1 is 1.47 bits per heavy atom. The van der Waals surface area contributed by atoms with Crippen LogP contribution < -0.4 is 10.4 Å². The van der Waals surface area contributed by atoms with E-state index in [4.69, 9.17) is 5.11 Å². The average molecular weight is 225 g/mol. The summed E-state index contributed by atoms with van der Waals surface area (Å²) in [4.78, 5) is 10.6. The molecule has 2 rings (SSSR count). The third-order valence-electron chi connectivity index (χ3n) is 2.39. The summed E-state index contributed by atoms with van der Waals surface area (Å²) in [5.74, 6) is -0.226. The molecule has 5 heteroatoms. The summed E-state index contributed by atoms with van der Waals surface area (Å²) in [5.41, 5.74) is 1.02. The second-order valence-corrected chi connectivity index (χ2v) is 4.64. The zero-order valence-corrected chi connectivity index (χ0v) is 8.74. The molecule has 0 radical (unpaired) electrons. The SMILES string of the molecule is O=C([O-])[C@@H]1CS[C@H](c2ccc(O)cc2)[NH2+]1. The lowest BCUT2D eigenvalue weighted by Crippen LogP contribution is -2.90. The molecule has 0 amide bonds. The maximum atomic E-state index is 10.6. The minimum Gasteiger partial charge on any atom is -0.544 e. The van der Waals surface area contributed by atoms with Gasteiger partial charge in [0, 0.05) is 5.56 Å². The fourth-order valence-corrected chi connectivity index (χ4v) is 2.86. The predicted octanol–water partition coefficient (Wildman–Crippen LogP) is -1.18. The second kappa shape index (κ2) is 4.12. The third kappa shape index (κ3) is 2.24. The molecule has 1 aliphatic heterocycles. The number of thioether (sulfide) groups is 1. The molecule has 0 unspecified atom stereocenters. The second-order valence-electron chi connectivity index (χ2n) is 3.46. The van der Waals surface area contributed by atoms with Gasteiger partial charge in [0.05, 0.1) is 5.75 Å². The summed E-state index contributed by atoms with van der Waals surface area (Å²) in [6.07, 6.45) is 0. The number of carboxylic acid groups (broad SMARTS) is 1. The van der Waals surface area contributed by atoms with Gasteiger partial charge in [-0.3, -0.25) is 0 Å². The lowest BCUT2D eigenvalue weighted by Gasteiger charge is -2.10. The zero-order chi connectivity index (χ0) is 10.8. The van der Waals surface area contributed by atoms with E-state index in [-0.39, 0.29) is 11.1 Å². The number of carbonyl (C=O) groups is 1. The third-order valence-corrected chi connectivity index (χ3v) is 3.73. The van der Waals surface area contributed by atoms with E-state index in [9.17, 15) is 9.90 Å². The van der Waals surface area contributed by atoms with Crippen LogP contribution in [0.4, 0.5) is 0 Å². The van der Waals surface area contributed by atoms with Crippen molar-refractivity contribution in [2.75, 3.05) is 5.75 Å². The van der Waals surface area contributed by atoms with Gasteiger partial charge < -0.3 is 20.3 Å². The number of benzene rings is 1. The van der Waals surface area contributed by atoms with E-state index in [1.165, 1.54) is 0 Å². The summed E-state index contributed by atoms with van der Waals surface area (Å²) in [7, 11) is 0. The molecule has 0 saturated carbocycles. The van der Waals surface area contributed by atoms with Crippen molar-refractivity contribution in [3.63, 3.8) is 0 Å². The Kier molecular flexibility index (Phi) is 2.83. The topological polar surface area (TPSA) is 77.0 Å². The number of phenolic OH excluding ortho intramolecular Hbond substituents is 1. The van der Waals surface area contributed by atoms with E-state index in [2.05, 4.69) is 0 Å². The average Bonchev–Trinajstić information content (AvgIpc) is 2.68. The van der Waals surface area contributed by atoms with E-state index in [1.807, 2.05) is 0 Å². The molecule has 3 N–H and O–H groups in total. The first-order valence-electron chi connectivity index (χ1n) is 4.63. The van der Waals surface area contributed by atoms with Crippen molar-refractivity contribution in [2.45, 2.75) is 11.4 Å². The van der Waals surface area contributed by atoms with Crippen LogP contribution in [0.1, 0.15) is 10.9 Å². The maximum absolute atomic E-state index is 10.6. The van der Waals surface area contributed by atoms with Crippen LogP contribution in [-0.4, -0.2) is 22.9 Å². The molecule has 0 aromatic heterocycles. The highest BCUT2D eigenvalue weighted by Crippen LogP contribution is 2.27. The summed E-state index contributed by atoms with van der Waals surface area (Å²) < 4.78 is 0. The van der Waals surface area contributed by atoms with Gasteiger partial charge in [0.15, 0.2) is 5.37 Å². The Balaban J connectivity index is 2.07. The van der Waals surface area contributed by atoms with Crippen LogP contribution in [0.5, 0.6) is 5.75 Å². The van der Waals surface area contributed by atoms with Crippen LogP contribution in [0, 0.1) is 0 Å². The van der Waals surface area contributed by atoms with Gasteiger partial charge in [-0.15, -0.1) is 0 Å². The number of aromatic hydroxyl groups is 1. The molecule has 1 aromatic carbocycles. The number of carboxylic acids is 1. The maximum Gasteiger partial charge on any atom is 0.159 e. The molecule has 0 spiro atoms. The molecule has 1 aliphatic rings. The molecular weight excluding hydrogens is 214 g/mol. The highest BCUT2D eigenvalue weighted by atomic mass is 32.2. The molecular formula is C10H11NO3S. The van der Waals surface area contributed by atoms with Gasteiger partial charge >= 0.3 is 0 Å². The van der Waals surface area contributed by atoms with Gasteiger partial charge in [-0.2, -0.15) is 0 Å². The molecule has 15 heavy (non-hydrogen) atoms. The van der Waals surface area contributed by atoms with Crippen molar-refractivity contribution < 1.29 is 20.3 Å². The van der Waals surface area contributed by atoms with E-state index >= 15 is 0 Å². The van der Waals surface area contributed by atoms with Crippen molar-refractivity contribution in [1.29, 1.82) is 0 Å². The van der Waals surface area contributed by atoms with Crippen molar-refractivity contribution in [2.24, 2.45) is 0 Å². The first-order valence-corrected chi connectivity index (χ1v) is 5.68. The molecule has 2 atom stereocenters. The molecule has 0 bridgehead atoms. The highest BCUT2D eigenvalue weighted by molar-refractivity contribution is 7.99. The van der Waals surface area contributed by atoms with Crippen LogP contribution in [0.3, 0.4) is 0 Å². The van der Waals surface area contributed by atoms with Crippen LogP contribution >= 0.6 is 11.8 Å². The number of nitrogens with two attached hydrogens (primary N) is 1. The number of phenols is 1. The largest absolute Gasteiger partial charge is 0.544 e. The van der Waals surface area contributed by atoms with Gasteiger partial charge in [-0.05, 0) is 24.3 Å². The van der Waals surface area contributed by atoms with Gasteiger partial charge in [0.2, 0.25) is 0 Å². The normalized spacial score (nSPS) is 25.3. The Labute approximate surface area is 91.3 Å². The first kappa shape index (κ1) is 10.3. The monoisotopic (exact) mass is 225 g/mol. The molecule has 4 nitrogen and oxygen atoms in total. The highest BCUT2D eigenvalue weighted by Gasteiger charge is 2.30. The Hall–Kier alpha value is -1.20. The van der Waals surface area contributed by atoms with Crippen LogP contribution in [0.2, 0.25) is 0 Å². The van der Waals surface area contributed by atoms with Crippen molar-refractivity contribution in [1.82, 2.24) is 0 Å². The number of rotatable bonds is 2. The molecule has 1 fully saturated rings. The fraction of sp³-hybridized carbons (Fsp3) is 0.300. The summed E-state index contributed by atoms with van der Waals surface area (Å²) in [6.45, 7) is 0. The van der Waals surface area contributed by atoms with Gasteiger partial charge in [-0.1, -0.05) is 11.8 Å². The van der Waals surface area contributed by atoms with Gasteiger partial charge in [0.1, 0.15) is 17.8 Å². The standard InChI is InChI=1S/C10H11NO3S/c12-7-3-1-6(2-4-7)9-11-8(5-15-9)10(13)14/h1-4,8-9,11-12H,5H2,(H,13,14)/t8-,9+/m0/s1. The lowest BCUT2D eigenvalue weighted by atomic mass is 10.2. The molecule has 1 saturated heterocycles. The number of hydrogen-bond donors (Lipinski definition) is 2. The molecule has 1 heterocycles. The molecule has 1 aromatic rings. The Morgan fingerprint density at radius 2 is 2.13 bits per heavy atom. The number of hydrogen-bond acceptors (Lipinski definition) is 4. The van der Waals surface area contributed by atoms with E-state index in [0.717, 1.165) is 5.56 Å². The lowest BCUT2D eigenvalue weighted by molar-refractivity contribution is -0.690. The zero-order valence-electron chi connectivity index (χ0n) is 7.92. The van der Waals surface area contributed by atoms with Crippen molar-refractivity contribution >= 4 is 17.7 Å².